The largest absolute Gasteiger partial charge is 0.495 e. The number of methoxy groups -OCH3 is 1. The first-order valence-corrected chi connectivity index (χ1v) is 9.24. The van der Waals surface area contributed by atoms with Crippen LogP contribution in [0.2, 0.25) is 0 Å². The van der Waals surface area contributed by atoms with Gasteiger partial charge < -0.3 is 10.1 Å². The van der Waals surface area contributed by atoms with Crippen LogP contribution in [0.5, 0.6) is 5.75 Å². The lowest BCUT2D eigenvalue weighted by Gasteiger charge is -2.09. The highest BCUT2D eigenvalue weighted by molar-refractivity contribution is 7.20. The summed E-state index contributed by atoms with van der Waals surface area (Å²) in [7, 11) is 1.54. The number of hydrogen-bond donors (Lipinski definition) is 1. The fourth-order valence-corrected chi connectivity index (χ4v) is 4.01. The van der Waals surface area contributed by atoms with Gasteiger partial charge in [0.2, 0.25) is 0 Å². The molecule has 1 aromatic carbocycles. The van der Waals surface area contributed by atoms with Crippen LogP contribution in [0.1, 0.15) is 28.0 Å². The van der Waals surface area contributed by atoms with Crippen LogP contribution in [0, 0.1) is 19.3 Å². The van der Waals surface area contributed by atoms with Gasteiger partial charge in [0.1, 0.15) is 16.4 Å². The molecule has 7 heteroatoms. The van der Waals surface area contributed by atoms with Crippen LogP contribution in [0.25, 0.3) is 10.2 Å². The van der Waals surface area contributed by atoms with Crippen LogP contribution in [-0.2, 0) is 13.0 Å². The van der Waals surface area contributed by atoms with E-state index in [9.17, 15) is 9.59 Å². The molecule has 1 N–H and O–H groups in total. The number of fused-ring (bicyclic) bond motifs is 1. The number of carbonyl (C=O) groups is 1. The van der Waals surface area contributed by atoms with Crippen molar-refractivity contribution in [3.05, 3.63) is 50.9 Å². The molecule has 2 heterocycles. The van der Waals surface area contributed by atoms with Crippen molar-refractivity contribution < 1.29 is 9.53 Å². The minimum atomic E-state index is -0.305. The van der Waals surface area contributed by atoms with Crippen molar-refractivity contribution in [2.24, 2.45) is 0 Å². The summed E-state index contributed by atoms with van der Waals surface area (Å²) in [6.45, 7) is 3.82. The predicted octanol–water partition coefficient (Wildman–Crippen LogP) is 3.22. The maximum Gasteiger partial charge on any atom is 0.266 e. The highest BCUT2D eigenvalue weighted by atomic mass is 32.1. The van der Waals surface area contributed by atoms with Crippen molar-refractivity contribution in [3.63, 3.8) is 0 Å². The Morgan fingerprint density at radius 1 is 1.41 bits per heavy atom. The molecule has 0 fully saturated rings. The SMILES string of the molecule is C#CCn1c(CC)nc2sc(C(=O)Nc3ccccc3OC)c(C)c2c1=O. The Balaban J connectivity index is 2.09. The molecule has 1 amide bonds. The van der Waals surface area contributed by atoms with Crippen LogP contribution in [0.3, 0.4) is 0 Å². The number of aryl methyl sites for hydroxylation is 2. The number of para-hydroxylation sites is 2. The summed E-state index contributed by atoms with van der Waals surface area (Å²) in [6, 6.07) is 7.15. The average molecular weight is 381 g/mol. The van der Waals surface area contributed by atoms with Gasteiger partial charge in [0, 0.05) is 6.42 Å². The molecule has 3 aromatic rings. The lowest BCUT2D eigenvalue weighted by molar-refractivity contribution is 0.102. The summed E-state index contributed by atoms with van der Waals surface area (Å²) in [5.74, 6) is 3.36. The van der Waals surface area contributed by atoms with Gasteiger partial charge in [-0.3, -0.25) is 14.2 Å². The van der Waals surface area contributed by atoms with Gasteiger partial charge in [0.15, 0.2) is 0 Å². The number of ether oxygens (including phenoxy) is 1. The molecule has 0 saturated carbocycles. The number of rotatable bonds is 5. The molecule has 0 aliphatic heterocycles. The van der Waals surface area contributed by atoms with Crippen molar-refractivity contribution in [1.82, 2.24) is 9.55 Å². The van der Waals surface area contributed by atoms with Gasteiger partial charge in [-0.2, -0.15) is 0 Å². The van der Waals surface area contributed by atoms with E-state index in [0.29, 0.717) is 44.3 Å². The molecule has 0 radical (unpaired) electrons. The number of nitrogens with zero attached hydrogens (tertiary/aromatic N) is 2. The number of nitrogens with one attached hydrogen (secondary N) is 1. The molecule has 0 saturated heterocycles. The summed E-state index contributed by atoms with van der Waals surface area (Å²) < 4.78 is 6.76. The van der Waals surface area contributed by atoms with E-state index in [1.165, 1.54) is 15.9 Å². The normalized spacial score (nSPS) is 10.6. The molecule has 138 valence electrons. The summed E-state index contributed by atoms with van der Waals surface area (Å²) in [6.07, 6.45) is 5.97. The van der Waals surface area contributed by atoms with E-state index in [1.807, 2.05) is 19.1 Å². The standard InChI is InChI=1S/C20H19N3O3S/c1-5-11-23-15(6-2)22-19-16(20(23)25)12(3)17(27-19)18(24)21-13-9-7-8-10-14(13)26-4/h1,7-10H,6,11H2,2-4H3,(H,21,24). The molecule has 0 spiro atoms. The molecule has 27 heavy (non-hydrogen) atoms. The second kappa shape index (κ2) is 7.64. The van der Waals surface area contributed by atoms with E-state index in [0.717, 1.165) is 0 Å². The molecule has 0 aliphatic carbocycles. The third-order valence-electron chi connectivity index (χ3n) is 4.26. The first kappa shape index (κ1) is 18.7. The van der Waals surface area contributed by atoms with Crippen LogP contribution in [-0.4, -0.2) is 22.6 Å². The summed E-state index contributed by atoms with van der Waals surface area (Å²) in [5, 5.41) is 3.29. The fourth-order valence-electron chi connectivity index (χ4n) is 2.93. The molecular weight excluding hydrogens is 362 g/mol. The van der Waals surface area contributed by atoms with Crippen LogP contribution >= 0.6 is 11.3 Å². The molecule has 2 aromatic heterocycles. The van der Waals surface area contributed by atoms with Crippen LogP contribution in [0.15, 0.2) is 29.1 Å². The Labute approximate surface area is 160 Å². The van der Waals surface area contributed by atoms with Crippen LogP contribution in [0.4, 0.5) is 5.69 Å². The lowest BCUT2D eigenvalue weighted by Crippen LogP contribution is -2.24. The molecule has 0 atom stereocenters. The lowest BCUT2D eigenvalue weighted by atomic mass is 10.2. The van der Waals surface area contributed by atoms with E-state index in [1.54, 1.807) is 26.2 Å². The Kier molecular flexibility index (Phi) is 5.28. The Morgan fingerprint density at radius 2 is 2.15 bits per heavy atom. The number of thiophene rings is 1. The average Bonchev–Trinajstić information content (AvgIpc) is 3.01. The summed E-state index contributed by atoms with van der Waals surface area (Å²) in [5.41, 5.74) is 0.960. The smallest absolute Gasteiger partial charge is 0.266 e. The Morgan fingerprint density at radius 3 is 2.81 bits per heavy atom. The summed E-state index contributed by atoms with van der Waals surface area (Å²) in [4.78, 5) is 31.3. The maximum absolute atomic E-state index is 12.9. The van der Waals surface area contributed by atoms with Crippen molar-refractivity contribution in [3.8, 4) is 18.1 Å². The maximum atomic E-state index is 12.9. The van der Waals surface area contributed by atoms with Gasteiger partial charge in [-0.15, -0.1) is 17.8 Å². The zero-order chi connectivity index (χ0) is 19.6. The van der Waals surface area contributed by atoms with E-state index in [-0.39, 0.29) is 18.0 Å². The Bertz CT molecular complexity index is 1120. The van der Waals surface area contributed by atoms with Gasteiger partial charge in [-0.1, -0.05) is 25.0 Å². The number of hydrogen-bond acceptors (Lipinski definition) is 5. The monoisotopic (exact) mass is 381 g/mol. The second-order valence-electron chi connectivity index (χ2n) is 5.87. The Hall–Kier alpha value is -3.11. The van der Waals surface area contributed by atoms with E-state index >= 15 is 0 Å². The molecule has 0 bridgehead atoms. The van der Waals surface area contributed by atoms with E-state index in [4.69, 9.17) is 11.2 Å². The zero-order valence-corrected chi connectivity index (χ0v) is 16.1. The fraction of sp³-hybridized carbons (Fsp3) is 0.250. The molecule has 3 rings (SSSR count). The van der Waals surface area contributed by atoms with Crippen molar-refractivity contribution >= 4 is 33.1 Å². The number of carbonyl (C=O) groups excluding carboxylic acids is 1. The van der Waals surface area contributed by atoms with Gasteiger partial charge in [0.05, 0.1) is 29.6 Å². The zero-order valence-electron chi connectivity index (χ0n) is 15.3. The minimum absolute atomic E-state index is 0.156. The molecule has 0 aliphatic rings. The molecule has 6 nitrogen and oxygen atoms in total. The van der Waals surface area contributed by atoms with E-state index in [2.05, 4.69) is 16.2 Å². The van der Waals surface area contributed by atoms with Gasteiger partial charge >= 0.3 is 0 Å². The van der Waals surface area contributed by atoms with Crippen molar-refractivity contribution in [2.45, 2.75) is 26.8 Å². The summed E-state index contributed by atoms with van der Waals surface area (Å²) >= 11 is 1.21. The van der Waals surface area contributed by atoms with Crippen molar-refractivity contribution in [2.75, 3.05) is 12.4 Å². The van der Waals surface area contributed by atoms with Crippen molar-refractivity contribution in [1.29, 1.82) is 0 Å². The number of aromatic nitrogens is 2. The van der Waals surface area contributed by atoms with E-state index < -0.39 is 0 Å². The highest BCUT2D eigenvalue weighted by Gasteiger charge is 2.21. The van der Waals surface area contributed by atoms with Gasteiger partial charge in [0.25, 0.3) is 11.5 Å². The number of terminal acetylenes is 1. The second-order valence-corrected chi connectivity index (χ2v) is 6.87. The van der Waals surface area contributed by atoms with Gasteiger partial charge in [-0.25, -0.2) is 4.98 Å². The van der Waals surface area contributed by atoms with Gasteiger partial charge in [-0.05, 0) is 24.6 Å². The topological polar surface area (TPSA) is 73.2 Å². The quantitative estimate of drug-likeness (QED) is 0.689. The highest BCUT2D eigenvalue weighted by Crippen LogP contribution is 2.30. The third kappa shape index (κ3) is 3.32. The van der Waals surface area contributed by atoms with Crippen LogP contribution < -0.4 is 15.6 Å². The number of anilines is 1. The number of benzene rings is 1. The number of amides is 1. The first-order chi connectivity index (χ1) is 13.0. The first-order valence-electron chi connectivity index (χ1n) is 8.42. The molecular formula is C20H19N3O3S. The predicted molar refractivity (Wildman–Crippen MR) is 108 cm³/mol. The minimum Gasteiger partial charge on any atom is -0.495 e. The molecule has 0 unspecified atom stereocenters. The third-order valence-corrected chi connectivity index (χ3v) is 5.44.